The summed E-state index contributed by atoms with van der Waals surface area (Å²) in [7, 11) is 0. The first-order valence-corrected chi connectivity index (χ1v) is 12.5. The molecule has 30 heavy (non-hydrogen) atoms. The molecule has 0 radical (unpaired) electrons. The summed E-state index contributed by atoms with van der Waals surface area (Å²) in [4.78, 5) is 34.6. The van der Waals surface area contributed by atoms with Gasteiger partial charge in [0.1, 0.15) is 10.7 Å². The number of fused-ring (bicyclic) bond motifs is 3. The lowest BCUT2D eigenvalue weighted by atomic mass is 9.97. The van der Waals surface area contributed by atoms with Gasteiger partial charge >= 0.3 is 0 Å². The molecule has 0 spiro atoms. The number of thioether (sulfide) groups is 1. The van der Waals surface area contributed by atoms with E-state index in [4.69, 9.17) is 11.6 Å². The van der Waals surface area contributed by atoms with Gasteiger partial charge in [-0.25, -0.2) is 4.98 Å². The molecule has 0 fully saturated rings. The second-order valence-electron chi connectivity index (χ2n) is 7.55. The summed E-state index contributed by atoms with van der Waals surface area (Å²) < 4.78 is 0. The van der Waals surface area contributed by atoms with E-state index in [0.29, 0.717) is 28.8 Å². The number of halogens is 1. The van der Waals surface area contributed by atoms with E-state index in [9.17, 15) is 9.59 Å². The Labute approximate surface area is 188 Å². The van der Waals surface area contributed by atoms with Crippen molar-refractivity contribution in [2.45, 2.75) is 50.8 Å². The Morgan fingerprint density at radius 3 is 2.87 bits per heavy atom. The third kappa shape index (κ3) is 4.90. The lowest BCUT2D eigenvalue weighted by Crippen LogP contribution is -2.26. The number of amides is 1. The van der Waals surface area contributed by atoms with Crippen molar-refractivity contribution in [2.75, 3.05) is 5.75 Å². The Bertz CT molecular complexity index is 1110. The smallest absolute Gasteiger partial charge is 0.259 e. The Hall–Kier alpha value is -1.83. The van der Waals surface area contributed by atoms with Crippen LogP contribution in [0.4, 0.5) is 0 Å². The molecule has 1 aliphatic rings. The Balaban J connectivity index is 1.29. The van der Waals surface area contributed by atoms with Gasteiger partial charge in [0.15, 0.2) is 0 Å². The fourth-order valence-electron chi connectivity index (χ4n) is 3.76. The summed E-state index contributed by atoms with van der Waals surface area (Å²) >= 11 is 9.18. The van der Waals surface area contributed by atoms with E-state index in [0.717, 1.165) is 35.0 Å². The lowest BCUT2D eigenvalue weighted by Gasteiger charge is -2.14. The van der Waals surface area contributed by atoms with Gasteiger partial charge in [-0.2, -0.15) is 11.8 Å². The van der Waals surface area contributed by atoms with Crippen LogP contribution in [0.3, 0.4) is 0 Å². The molecule has 0 aliphatic heterocycles. The summed E-state index contributed by atoms with van der Waals surface area (Å²) in [5.74, 6) is 1.95. The van der Waals surface area contributed by atoms with Crippen LogP contribution in [0.5, 0.6) is 0 Å². The average Bonchev–Trinajstić information content (AvgIpc) is 3.10. The van der Waals surface area contributed by atoms with Gasteiger partial charge in [-0.15, -0.1) is 11.3 Å². The number of rotatable bonds is 7. The van der Waals surface area contributed by atoms with Crippen LogP contribution in [0.2, 0.25) is 5.02 Å². The van der Waals surface area contributed by atoms with Gasteiger partial charge in [-0.3, -0.25) is 9.59 Å². The highest BCUT2D eigenvalue weighted by Crippen LogP contribution is 2.33. The summed E-state index contributed by atoms with van der Waals surface area (Å²) in [6.07, 6.45) is 4.80. The van der Waals surface area contributed by atoms with Crippen molar-refractivity contribution in [1.82, 2.24) is 15.3 Å². The Kier molecular flexibility index (Phi) is 6.80. The van der Waals surface area contributed by atoms with Gasteiger partial charge in [0, 0.05) is 22.1 Å². The van der Waals surface area contributed by atoms with Crippen molar-refractivity contribution in [1.29, 1.82) is 0 Å². The molecule has 158 valence electrons. The normalized spacial score (nSPS) is 14.5. The van der Waals surface area contributed by atoms with Crippen molar-refractivity contribution in [3.8, 4) is 0 Å². The molecule has 0 saturated carbocycles. The Morgan fingerprint density at radius 2 is 2.07 bits per heavy atom. The van der Waals surface area contributed by atoms with E-state index >= 15 is 0 Å². The van der Waals surface area contributed by atoms with Gasteiger partial charge in [-0.05, 0) is 55.9 Å². The van der Waals surface area contributed by atoms with Gasteiger partial charge in [0.25, 0.3) is 5.56 Å². The number of aryl methyl sites for hydroxylation is 2. The van der Waals surface area contributed by atoms with Crippen molar-refractivity contribution >= 4 is 50.8 Å². The van der Waals surface area contributed by atoms with Crippen LogP contribution in [0.15, 0.2) is 29.1 Å². The number of aromatic amines is 1. The molecular formula is C22H24ClN3O2S2. The van der Waals surface area contributed by atoms with Crippen LogP contribution in [0.25, 0.3) is 10.2 Å². The minimum absolute atomic E-state index is 0.00721. The fourth-order valence-corrected chi connectivity index (χ4v) is 5.97. The third-order valence-electron chi connectivity index (χ3n) is 5.33. The first-order valence-electron chi connectivity index (χ1n) is 10.2. The van der Waals surface area contributed by atoms with Gasteiger partial charge < -0.3 is 10.3 Å². The molecule has 1 aliphatic carbocycles. The van der Waals surface area contributed by atoms with Crippen LogP contribution in [0, 0.1) is 0 Å². The maximum Gasteiger partial charge on any atom is 0.259 e. The predicted octanol–water partition coefficient (Wildman–Crippen LogP) is 5.02. The quantitative estimate of drug-likeness (QED) is 0.484. The number of aromatic nitrogens is 2. The van der Waals surface area contributed by atoms with E-state index in [2.05, 4.69) is 15.3 Å². The minimum Gasteiger partial charge on any atom is -0.350 e. The van der Waals surface area contributed by atoms with E-state index in [-0.39, 0.29) is 17.5 Å². The highest BCUT2D eigenvalue weighted by molar-refractivity contribution is 7.98. The van der Waals surface area contributed by atoms with Gasteiger partial charge in [-0.1, -0.05) is 23.7 Å². The fraction of sp³-hybridized carbons (Fsp3) is 0.409. The second-order valence-corrected chi connectivity index (χ2v) is 10.2. The molecule has 1 aromatic carbocycles. The Morgan fingerprint density at radius 1 is 1.30 bits per heavy atom. The summed E-state index contributed by atoms with van der Waals surface area (Å²) in [5, 5.41) is 4.48. The first kappa shape index (κ1) is 21.4. The average molecular weight is 462 g/mol. The number of H-pyrrole nitrogens is 1. The standard InChI is InChI=1S/C22H24ClN3O2S2/c1-13(14-6-8-15(23)9-7-14)24-19(27)10-11-29-12-18-25-21(28)20-16-4-2-3-5-17(16)30-22(20)26-18/h6-9,13H,2-5,10-12H2,1H3,(H,24,27)(H,25,26,28). The number of hydrogen-bond acceptors (Lipinski definition) is 5. The molecule has 2 heterocycles. The van der Waals surface area contributed by atoms with Crippen molar-refractivity contribution in [3.05, 3.63) is 61.5 Å². The van der Waals surface area contributed by atoms with Crippen molar-refractivity contribution in [3.63, 3.8) is 0 Å². The monoisotopic (exact) mass is 461 g/mol. The SMILES string of the molecule is CC(NC(=O)CCSCc1nc2sc3c(c2c(=O)[nH]1)CCCC3)c1ccc(Cl)cc1. The molecule has 0 saturated heterocycles. The van der Waals surface area contributed by atoms with Crippen LogP contribution in [-0.2, 0) is 23.4 Å². The second kappa shape index (κ2) is 9.54. The number of carbonyl (C=O) groups is 1. The van der Waals surface area contributed by atoms with Crippen LogP contribution < -0.4 is 10.9 Å². The van der Waals surface area contributed by atoms with Crippen LogP contribution in [0.1, 0.15) is 54.1 Å². The van der Waals surface area contributed by atoms with Gasteiger partial charge in [0.05, 0.1) is 17.2 Å². The highest BCUT2D eigenvalue weighted by Gasteiger charge is 2.19. The molecule has 8 heteroatoms. The molecule has 2 N–H and O–H groups in total. The number of hydrogen-bond donors (Lipinski definition) is 2. The van der Waals surface area contributed by atoms with Crippen LogP contribution in [-0.4, -0.2) is 21.6 Å². The van der Waals surface area contributed by atoms with E-state index in [1.54, 1.807) is 23.1 Å². The van der Waals surface area contributed by atoms with Gasteiger partial charge in [0.2, 0.25) is 5.91 Å². The number of nitrogens with one attached hydrogen (secondary N) is 2. The topological polar surface area (TPSA) is 74.8 Å². The third-order valence-corrected chi connectivity index (χ3v) is 7.74. The minimum atomic E-state index is -0.0648. The van der Waals surface area contributed by atoms with E-state index < -0.39 is 0 Å². The maximum absolute atomic E-state index is 12.6. The maximum atomic E-state index is 12.6. The molecule has 1 atom stereocenters. The summed E-state index contributed by atoms with van der Waals surface area (Å²) in [6.45, 7) is 1.96. The summed E-state index contributed by atoms with van der Waals surface area (Å²) in [5.41, 5.74) is 2.21. The lowest BCUT2D eigenvalue weighted by molar-refractivity contribution is -0.121. The molecule has 1 amide bonds. The zero-order chi connectivity index (χ0) is 21.1. The molecular weight excluding hydrogens is 438 g/mol. The zero-order valence-corrected chi connectivity index (χ0v) is 19.2. The number of nitrogens with zero attached hydrogens (tertiary/aromatic N) is 1. The molecule has 0 bridgehead atoms. The molecule has 3 aromatic rings. The number of thiophene rings is 1. The largest absolute Gasteiger partial charge is 0.350 e. The molecule has 4 rings (SSSR count). The first-order chi connectivity index (χ1) is 14.5. The van der Waals surface area contributed by atoms with E-state index in [1.165, 1.54) is 16.9 Å². The van der Waals surface area contributed by atoms with Crippen molar-refractivity contribution < 1.29 is 4.79 Å². The zero-order valence-electron chi connectivity index (χ0n) is 16.8. The van der Waals surface area contributed by atoms with E-state index in [1.807, 2.05) is 31.2 Å². The molecule has 1 unspecified atom stereocenters. The molecule has 5 nitrogen and oxygen atoms in total. The number of benzene rings is 1. The number of carbonyl (C=O) groups excluding carboxylic acids is 1. The van der Waals surface area contributed by atoms with Crippen molar-refractivity contribution in [2.24, 2.45) is 0 Å². The highest BCUT2D eigenvalue weighted by atomic mass is 35.5. The summed E-state index contributed by atoms with van der Waals surface area (Å²) in [6, 6.07) is 7.42. The van der Waals surface area contributed by atoms with Crippen LogP contribution >= 0.6 is 34.7 Å². The predicted molar refractivity (Wildman–Crippen MR) is 126 cm³/mol. The molecule has 2 aromatic heterocycles.